The van der Waals surface area contributed by atoms with Gasteiger partial charge in [-0.05, 0) is 37.1 Å². The monoisotopic (exact) mass is 524 g/mol. The van der Waals surface area contributed by atoms with Crippen LogP contribution in [0.1, 0.15) is 25.7 Å². The predicted octanol–water partition coefficient (Wildman–Crippen LogP) is 2.10. The summed E-state index contributed by atoms with van der Waals surface area (Å²) in [6.07, 6.45) is 4.43. The number of sulfonamides is 2. The normalized spacial score (nSPS) is 11.9. The van der Waals surface area contributed by atoms with Gasteiger partial charge in [0.2, 0.25) is 20.0 Å². The molecule has 0 unspecified atom stereocenters. The Balaban J connectivity index is 1.52. The molecule has 0 saturated heterocycles. The fraction of sp³-hybridized carbons (Fsp3) is 0.304. The summed E-state index contributed by atoms with van der Waals surface area (Å²) in [5, 5.41) is 0. The molecule has 2 aromatic carbocycles. The van der Waals surface area contributed by atoms with Gasteiger partial charge in [-0.2, -0.15) is 4.72 Å². The van der Waals surface area contributed by atoms with Crippen LogP contribution in [0.5, 0.6) is 0 Å². The number of benzene rings is 2. The van der Waals surface area contributed by atoms with Crippen LogP contribution in [0.15, 0.2) is 82.6 Å². The van der Waals surface area contributed by atoms with Gasteiger partial charge in [0.15, 0.2) is 6.73 Å². The number of esters is 2. The van der Waals surface area contributed by atoms with Gasteiger partial charge in [0.1, 0.15) is 0 Å². The molecule has 0 fully saturated rings. The van der Waals surface area contributed by atoms with E-state index >= 15 is 0 Å². The Morgan fingerprint density at radius 2 is 1.14 bits per heavy atom. The number of carbonyl (C=O) groups is 2. The maximum absolute atomic E-state index is 12.1. The van der Waals surface area contributed by atoms with Crippen LogP contribution < -0.4 is 9.44 Å². The fourth-order valence-electron chi connectivity index (χ4n) is 2.74. The van der Waals surface area contributed by atoms with Crippen molar-refractivity contribution in [1.29, 1.82) is 0 Å². The van der Waals surface area contributed by atoms with E-state index in [-0.39, 0.29) is 16.4 Å². The zero-order chi connectivity index (χ0) is 25.6. The zero-order valence-corrected chi connectivity index (χ0v) is 20.6. The van der Waals surface area contributed by atoms with Crippen LogP contribution in [0, 0.1) is 0 Å². The van der Waals surface area contributed by atoms with Crippen molar-refractivity contribution in [2.24, 2.45) is 0 Å². The third kappa shape index (κ3) is 10.8. The van der Waals surface area contributed by atoms with Gasteiger partial charge in [0, 0.05) is 18.7 Å². The molecule has 2 N–H and O–H groups in total. The van der Waals surface area contributed by atoms with Gasteiger partial charge in [0.05, 0.1) is 16.4 Å². The molecule has 0 heterocycles. The predicted molar refractivity (Wildman–Crippen MR) is 128 cm³/mol. The molecule has 10 nitrogen and oxygen atoms in total. The minimum absolute atomic E-state index is 0.0312. The van der Waals surface area contributed by atoms with Crippen molar-refractivity contribution in [2.45, 2.75) is 35.5 Å². The summed E-state index contributed by atoms with van der Waals surface area (Å²) in [6, 6.07) is 15.7. The van der Waals surface area contributed by atoms with Crippen molar-refractivity contribution in [3.05, 3.63) is 72.8 Å². The summed E-state index contributed by atoms with van der Waals surface area (Å²) >= 11 is 0. The van der Waals surface area contributed by atoms with Crippen LogP contribution >= 0.6 is 0 Å². The summed E-state index contributed by atoms with van der Waals surface area (Å²) in [5.74, 6) is -1.64. The van der Waals surface area contributed by atoms with Gasteiger partial charge in [-0.3, -0.25) is 0 Å². The van der Waals surface area contributed by atoms with E-state index in [4.69, 9.17) is 9.47 Å². The number of ether oxygens (including phenoxy) is 2. The molecule has 0 saturated carbocycles. The quantitative estimate of drug-likeness (QED) is 0.156. The fourth-order valence-corrected chi connectivity index (χ4v) is 4.73. The average molecular weight is 525 g/mol. The summed E-state index contributed by atoms with van der Waals surface area (Å²) in [4.78, 5) is 23.5. The number of nitrogens with one attached hydrogen (secondary N) is 2. The second kappa shape index (κ2) is 14.4. The molecule has 0 aliphatic rings. The number of rotatable bonds is 15. The first-order valence-corrected chi connectivity index (χ1v) is 13.8. The van der Waals surface area contributed by atoms with E-state index in [1.54, 1.807) is 36.4 Å². The number of hydrogen-bond donors (Lipinski definition) is 2. The number of hydrogen-bond acceptors (Lipinski definition) is 8. The lowest BCUT2D eigenvalue weighted by Gasteiger charge is -2.07. The smallest absolute Gasteiger partial charge is 0.332 e. The second-order valence-electron chi connectivity index (χ2n) is 7.19. The molecule has 0 aliphatic carbocycles. The van der Waals surface area contributed by atoms with E-state index in [0.717, 1.165) is 25.0 Å². The third-order valence-electron chi connectivity index (χ3n) is 4.53. The van der Waals surface area contributed by atoms with Crippen LogP contribution in [-0.2, 0) is 39.1 Å². The van der Waals surface area contributed by atoms with E-state index in [9.17, 15) is 26.4 Å². The highest BCUT2D eigenvalue weighted by molar-refractivity contribution is 7.89. The van der Waals surface area contributed by atoms with Crippen molar-refractivity contribution < 1.29 is 35.9 Å². The van der Waals surface area contributed by atoms with Crippen LogP contribution in [0.3, 0.4) is 0 Å². The molecule has 0 aliphatic heterocycles. The van der Waals surface area contributed by atoms with Crippen molar-refractivity contribution in [3.63, 3.8) is 0 Å². The zero-order valence-electron chi connectivity index (χ0n) is 19.0. The highest BCUT2D eigenvalue weighted by Gasteiger charge is 2.13. The largest absolute Gasteiger partial charge is 0.463 e. The molecule has 0 aromatic heterocycles. The van der Waals surface area contributed by atoms with E-state index in [0.29, 0.717) is 19.4 Å². The van der Waals surface area contributed by atoms with Crippen molar-refractivity contribution in [2.75, 3.05) is 19.9 Å². The Morgan fingerprint density at radius 1 is 0.657 bits per heavy atom. The standard InChI is InChI=1S/C23H28N2O8S2/c26-22(15-16-23(27)33-19-25-35(30,31)21-13-7-4-8-14-21)32-18-10-2-1-9-17-24-34(28,29)20-11-5-3-6-12-20/h3-8,11-16,24-25H,1-2,9-10,17-19H2/b16-15+. The van der Waals surface area contributed by atoms with Gasteiger partial charge in [-0.25, -0.2) is 31.1 Å². The van der Waals surface area contributed by atoms with Gasteiger partial charge >= 0.3 is 11.9 Å². The Labute approximate surface area is 205 Å². The van der Waals surface area contributed by atoms with Crippen LogP contribution in [-0.4, -0.2) is 48.7 Å². The Hall–Kier alpha value is -3.06. The molecular weight excluding hydrogens is 496 g/mol. The summed E-state index contributed by atoms with van der Waals surface area (Å²) in [7, 11) is -7.31. The van der Waals surface area contributed by atoms with Crippen LogP contribution in [0.2, 0.25) is 0 Å². The second-order valence-corrected chi connectivity index (χ2v) is 10.7. The number of carbonyl (C=O) groups excluding carboxylic acids is 2. The molecule has 0 atom stereocenters. The first-order chi connectivity index (χ1) is 16.7. The van der Waals surface area contributed by atoms with E-state index in [1.165, 1.54) is 24.3 Å². The van der Waals surface area contributed by atoms with E-state index < -0.39 is 38.7 Å². The summed E-state index contributed by atoms with van der Waals surface area (Å²) < 4.78 is 62.5. The van der Waals surface area contributed by atoms with Crippen molar-refractivity contribution >= 4 is 32.0 Å². The molecule has 35 heavy (non-hydrogen) atoms. The lowest BCUT2D eigenvalue weighted by molar-refractivity contribution is -0.140. The average Bonchev–Trinajstić information content (AvgIpc) is 2.85. The first kappa shape index (κ1) is 28.2. The van der Waals surface area contributed by atoms with Crippen LogP contribution in [0.4, 0.5) is 0 Å². The minimum atomic E-state index is -3.81. The minimum Gasteiger partial charge on any atom is -0.463 e. The molecule has 12 heteroatoms. The topological polar surface area (TPSA) is 145 Å². The molecule has 2 aromatic rings. The lowest BCUT2D eigenvalue weighted by atomic mass is 10.2. The highest BCUT2D eigenvalue weighted by Crippen LogP contribution is 2.08. The van der Waals surface area contributed by atoms with Gasteiger partial charge in [-0.1, -0.05) is 49.2 Å². The molecular formula is C23H28N2O8S2. The van der Waals surface area contributed by atoms with Gasteiger partial charge in [-0.15, -0.1) is 0 Å². The Bertz CT molecular complexity index is 1180. The maximum atomic E-state index is 12.1. The molecule has 0 amide bonds. The van der Waals surface area contributed by atoms with Crippen LogP contribution in [0.25, 0.3) is 0 Å². The van der Waals surface area contributed by atoms with E-state index in [2.05, 4.69) is 9.44 Å². The number of unbranched alkanes of at least 4 members (excludes halogenated alkanes) is 3. The maximum Gasteiger partial charge on any atom is 0.332 e. The SMILES string of the molecule is O=C(/C=C/C(=O)OCNS(=O)(=O)c1ccccc1)OCCCCCCNS(=O)(=O)c1ccccc1. The molecule has 0 radical (unpaired) electrons. The van der Waals surface area contributed by atoms with Gasteiger partial charge in [0.25, 0.3) is 0 Å². The first-order valence-electron chi connectivity index (χ1n) is 10.8. The highest BCUT2D eigenvalue weighted by atomic mass is 32.2. The Kier molecular flexibility index (Phi) is 11.6. The summed E-state index contributed by atoms with van der Waals surface area (Å²) in [6.45, 7) is -0.134. The molecule has 2 rings (SSSR count). The van der Waals surface area contributed by atoms with Crippen molar-refractivity contribution in [3.8, 4) is 0 Å². The molecule has 0 spiro atoms. The van der Waals surface area contributed by atoms with Crippen molar-refractivity contribution in [1.82, 2.24) is 9.44 Å². The third-order valence-corrected chi connectivity index (χ3v) is 7.40. The lowest BCUT2D eigenvalue weighted by Crippen LogP contribution is -2.27. The summed E-state index contributed by atoms with van der Waals surface area (Å²) in [5.41, 5.74) is 0. The molecule has 0 bridgehead atoms. The van der Waals surface area contributed by atoms with Gasteiger partial charge < -0.3 is 9.47 Å². The Morgan fingerprint density at radius 3 is 1.71 bits per heavy atom. The van der Waals surface area contributed by atoms with E-state index in [1.807, 2.05) is 0 Å². The molecule has 190 valence electrons.